The maximum atomic E-state index is 10.9. The number of hydrogen-bond acceptors (Lipinski definition) is 5. The molecule has 2 rings (SSSR count). The number of aromatic hydroxyl groups is 1. The Morgan fingerprint density at radius 3 is 2.11 bits per heavy atom. The zero-order chi connectivity index (χ0) is 20.1. The van der Waals surface area contributed by atoms with Crippen LogP contribution in [0.1, 0.15) is 63.5 Å². The Kier molecular flexibility index (Phi) is 6.91. The lowest BCUT2D eigenvalue weighted by Gasteiger charge is -2.18. The highest BCUT2D eigenvalue weighted by atomic mass is 35.5. The smallest absolute Gasteiger partial charge is 0.271 e. The van der Waals surface area contributed by atoms with Crippen molar-refractivity contribution in [3.8, 4) is 5.75 Å². The van der Waals surface area contributed by atoms with Crippen molar-refractivity contribution in [2.75, 3.05) is 0 Å². The lowest BCUT2D eigenvalue weighted by atomic mass is 9.89. The molecule has 0 amide bonds. The van der Waals surface area contributed by atoms with Crippen LogP contribution < -0.4 is 0 Å². The van der Waals surface area contributed by atoms with Gasteiger partial charge >= 0.3 is 0 Å². The number of azo groups is 1. The molecule has 0 aromatic heterocycles. The molecule has 2 unspecified atom stereocenters. The molecule has 0 heterocycles. The molecule has 0 saturated carbocycles. The highest BCUT2D eigenvalue weighted by Crippen LogP contribution is 2.40. The fraction of sp³-hybridized carbons (Fsp3) is 0.400. The van der Waals surface area contributed by atoms with Gasteiger partial charge in [0, 0.05) is 12.1 Å². The molecular formula is C20H24ClN3O3. The van der Waals surface area contributed by atoms with Crippen LogP contribution in [0.15, 0.2) is 40.6 Å². The number of nitro benzene ring substituents is 1. The molecular weight excluding hydrogens is 366 g/mol. The van der Waals surface area contributed by atoms with Gasteiger partial charge in [0.05, 0.1) is 15.6 Å². The zero-order valence-corrected chi connectivity index (χ0v) is 16.7. The van der Waals surface area contributed by atoms with Crippen LogP contribution in [-0.4, -0.2) is 10.0 Å². The van der Waals surface area contributed by atoms with E-state index in [1.165, 1.54) is 18.2 Å². The maximum Gasteiger partial charge on any atom is 0.271 e. The predicted molar refractivity (Wildman–Crippen MR) is 108 cm³/mol. The monoisotopic (exact) mass is 389 g/mol. The van der Waals surface area contributed by atoms with Gasteiger partial charge in [-0.3, -0.25) is 10.1 Å². The topological polar surface area (TPSA) is 88.1 Å². The summed E-state index contributed by atoms with van der Waals surface area (Å²) in [6, 6.07) is 7.66. The Morgan fingerprint density at radius 2 is 1.63 bits per heavy atom. The van der Waals surface area contributed by atoms with Crippen molar-refractivity contribution >= 4 is 28.7 Å². The van der Waals surface area contributed by atoms with Crippen molar-refractivity contribution in [2.24, 2.45) is 10.2 Å². The second-order valence-electron chi connectivity index (χ2n) is 6.68. The van der Waals surface area contributed by atoms with Crippen LogP contribution in [0.25, 0.3) is 0 Å². The van der Waals surface area contributed by atoms with Crippen molar-refractivity contribution in [3.05, 3.63) is 56.6 Å². The summed E-state index contributed by atoms with van der Waals surface area (Å²) in [6.07, 6.45) is 1.76. The van der Waals surface area contributed by atoms with E-state index in [1.807, 2.05) is 26.0 Å². The molecule has 7 heteroatoms. The third-order valence-electron chi connectivity index (χ3n) is 4.85. The average molecular weight is 390 g/mol. The van der Waals surface area contributed by atoms with Crippen LogP contribution in [0.4, 0.5) is 17.1 Å². The van der Waals surface area contributed by atoms with E-state index in [9.17, 15) is 15.2 Å². The quantitative estimate of drug-likeness (QED) is 0.304. The summed E-state index contributed by atoms with van der Waals surface area (Å²) in [5.74, 6) is 0.653. The highest BCUT2D eigenvalue weighted by Gasteiger charge is 2.18. The molecule has 0 aliphatic heterocycles. The van der Waals surface area contributed by atoms with Crippen LogP contribution in [0, 0.1) is 10.1 Å². The Bertz CT molecular complexity index is 837. The van der Waals surface area contributed by atoms with E-state index in [-0.39, 0.29) is 28.2 Å². The highest BCUT2D eigenvalue weighted by molar-refractivity contribution is 6.33. The summed E-state index contributed by atoms with van der Waals surface area (Å²) >= 11 is 6.08. The first kappa shape index (κ1) is 20.8. The van der Waals surface area contributed by atoms with Crippen LogP contribution in [0.3, 0.4) is 0 Å². The molecule has 27 heavy (non-hydrogen) atoms. The molecule has 1 N–H and O–H groups in total. The molecule has 2 aromatic carbocycles. The van der Waals surface area contributed by atoms with Crippen molar-refractivity contribution in [1.82, 2.24) is 0 Å². The van der Waals surface area contributed by atoms with E-state index >= 15 is 0 Å². The van der Waals surface area contributed by atoms with Gasteiger partial charge < -0.3 is 5.11 Å². The van der Waals surface area contributed by atoms with E-state index < -0.39 is 4.92 Å². The van der Waals surface area contributed by atoms with Gasteiger partial charge in [-0.2, -0.15) is 5.11 Å². The minimum Gasteiger partial charge on any atom is -0.507 e. The van der Waals surface area contributed by atoms with E-state index in [2.05, 4.69) is 24.1 Å². The first-order chi connectivity index (χ1) is 12.8. The van der Waals surface area contributed by atoms with E-state index in [0.717, 1.165) is 24.0 Å². The second kappa shape index (κ2) is 8.95. The number of phenols is 1. The molecule has 2 atom stereocenters. The summed E-state index contributed by atoms with van der Waals surface area (Å²) in [4.78, 5) is 10.4. The maximum absolute atomic E-state index is 10.9. The lowest BCUT2D eigenvalue weighted by Crippen LogP contribution is -1.98. The van der Waals surface area contributed by atoms with Crippen LogP contribution >= 0.6 is 11.6 Å². The summed E-state index contributed by atoms with van der Waals surface area (Å²) < 4.78 is 0. The largest absolute Gasteiger partial charge is 0.507 e. The van der Waals surface area contributed by atoms with Gasteiger partial charge in [-0.1, -0.05) is 39.3 Å². The molecule has 0 aliphatic carbocycles. The summed E-state index contributed by atoms with van der Waals surface area (Å²) in [7, 11) is 0. The molecule has 0 aliphatic rings. The van der Waals surface area contributed by atoms with Gasteiger partial charge in [0.1, 0.15) is 11.4 Å². The van der Waals surface area contributed by atoms with Gasteiger partial charge in [0.25, 0.3) is 5.69 Å². The van der Waals surface area contributed by atoms with Crippen LogP contribution in [-0.2, 0) is 0 Å². The predicted octanol–water partition coefficient (Wildman–Crippen LogP) is 7.40. The van der Waals surface area contributed by atoms with Gasteiger partial charge in [-0.05, 0) is 54.0 Å². The molecule has 0 bridgehead atoms. The number of nitro groups is 1. The Morgan fingerprint density at radius 1 is 1.07 bits per heavy atom. The normalized spacial score (nSPS) is 13.7. The number of halogens is 1. The van der Waals surface area contributed by atoms with Crippen LogP contribution in [0.5, 0.6) is 5.75 Å². The Labute approximate surface area is 164 Å². The molecule has 144 valence electrons. The standard InChI is InChI=1S/C20H24ClN3O3/c1-5-12(3)16-9-14(10-17(20(16)25)13(4)6-2)22-23-19-11-15(24(26)27)7-8-18(19)21/h7-13,25H,5-6H2,1-4H3/b23-22+. The molecule has 2 aromatic rings. The van der Waals surface area contributed by atoms with E-state index in [4.69, 9.17) is 11.6 Å². The SMILES string of the molecule is CCC(C)c1cc(/N=N/c2cc([N+](=O)[O-])ccc2Cl)cc(C(C)CC)c1O. The fourth-order valence-corrected chi connectivity index (χ4v) is 2.87. The third kappa shape index (κ3) is 4.83. The van der Waals surface area contributed by atoms with E-state index in [0.29, 0.717) is 11.4 Å². The van der Waals surface area contributed by atoms with Crippen molar-refractivity contribution in [3.63, 3.8) is 0 Å². The van der Waals surface area contributed by atoms with E-state index in [1.54, 1.807) is 0 Å². The summed E-state index contributed by atoms with van der Waals surface area (Å²) in [5, 5.41) is 30.3. The van der Waals surface area contributed by atoms with Crippen LogP contribution in [0.2, 0.25) is 5.02 Å². The minimum atomic E-state index is -0.502. The lowest BCUT2D eigenvalue weighted by molar-refractivity contribution is -0.384. The van der Waals surface area contributed by atoms with Crippen molar-refractivity contribution < 1.29 is 10.0 Å². The number of rotatable bonds is 7. The summed E-state index contributed by atoms with van der Waals surface area (Å²) in [6.45, 7) is 8.22. The van der Waals surface area contributed by atoms with Gasteiger partial charge in [0.15, 0.2) is 0 Å². The number of phenolic OH excluding ortho intramolecular Hbond substituents is 1. The molecule has 0 spiro atoms. The van der Waals surface area contributed by atoms with Gasteiger partial charge in [0.2, 0.25) is 0 Å². The number of hydrogen-bond donors (Lipinski definition) is 1. The molecule has 0 fully saturated rings. The second-order valence-corrected chi connectivity index (χ2v) is 7.09. The first-order valence-electron chi connectivity index (χ1n) is 9.00. The third-order valence-corrected chi connectivity index (χ3v) is 5.17. The average Bonchev–Trinajstić information content (AvgIpc) is 2.66. The van der Waals surface area contributed by atoms with Crippen molar-refractivity contribution in [2.45, 2.75) is 52.4 Å². The fourth-order valence-electron chi connectivity index (χ4n) is 2.72. The molecule has 0 saturated heterocycles. The van der Waals surface area contributed by atoms with Gasteiger partial charge in [-0.15, -0.1) is 5.11 Å². The molecule has 0 radical (unpaired) electrons. The minimum absolute atomic E-state index is 0.0976. The van der Waals surface area contributed by atoms with Gasteiger partial charge in [-0.25, -0.2) is 0 Å². The number of non-ortho nitro benzene ring substituents is 1. The number of benzene rings is 2. The van der Waals surface area contributed by atoms with Crippen molar-refractivity contribution in [1.29, 1.82) is 0 Å². The Hall–Kier alpha value is -2.47. The number of nitrogens with zero attached hydrogens (tertiary/aromatic N) is 3. The summed E-state index contributed by atoms with van der Waals surface area (Å²) in [5.41, 5.74) is 2.37. The first-order valence-corrected chi connectivity index (χ1v) is 9.38. The zero-order valence-electron chi connectivity index (χ0n) is 15.9. The Balaban J connectivity index is 2.51. The molecule has 6 nitrogen and oxygen atoms in total.